The van der Waals surface area contributed by atoms with E-state index in [9.17, 15) is 13.2 Å². The van der Waals surface area contributed by atoms with Crippen LogP contribution in [-0.2, 0) is 21.4 Å². The number of benzene rings is 1. The number of rotatable bonds is 2. The molecule has 0 saturated heterocycles. The summed E-state index contributed by atoms with van der Waals surface area (Å²) in [6, 6.07) is 7.89. The topological polar surface area (TPSA) is 90.3 Å². The molecular formula is C13H15N3O3S. The maximum atomic E-state index is 12.4. The van der Waals surface area contributed by atoms with Crippen molar-refractivity contribution >= 4 is 21.6 Å². The fourth-order valence-electron chi connectivity index (χ4n) is 2.03. The molecule has 2 unspecified atom stereocenters. The van der Waals surface area contributed by atoms with Crippen LogP contribution in [0.25, 0.3) is 0 Å². The van der Waals surface area contributed by atoms with Crippen LogP contribution >= 0.6 is 0 Å². The molecule has 0 saturated carbocycles. The molecule has 1 aliphatic heterocycles. The second-order valence-electron chi connectivity index (χ2n) is 4.68. The lowest BCUT2D eigenvalue weighted by molar-refractivity contribution is -0.119. The largest absolute Gasteiger partial charge is 0.324 e. The van der Waals surface area contributed by atoms with Crippen molar-refractivity contribution < 1.29 is 13.2 Å². The molecule has 1 amide bonds. The normalized spacial score (nSPS) is 21.2. The van der Waals surface area contributed by atoms with Gasteiger partial charge < -0.3 is 5.32 Å². The van der Waals surface area contributed by atoms with E-state index in [4.69, 9.17) is 5.26 Å². The quantitative estimate of drug-likeness (QED) is 0.883. The van der Waals surface area contributed by atoms with Crippen LogP contribution in [0.1, 0.15) is 19.4 Å². The van der Waals surface area contributed by atoms with E-state index >= 15 is 0 Å². The molecule has 1 aromatic carbocycles. The minimum absolute atomic E-state index is 0.0738. The van der Waals surface area contributed by atoms with Crippen LogP contribution in [0.3, 0.4) is 0 Å². The van der Waals surface area contributed by atoms with Gasteiger partial charge in [-0.2, -0.15) is 9.57 Å². The molecule has 6 nitrogen and oxygen atoms in total. The van der Waals surface area contributed by atoms with E-state index in [0.29, 0.717) is 11.3 Å². The number of hydrogen-bond donors (Lipinski definition) is 1. The fourth-order valence-corrected chi connectivity index (χ4v) is 3.43. The number of nitrogens with one attached hydrogen (secondary N) is 1. The van der Waals surface area contributed by atoms with Gasteiger partial charge in [-0.1, -0.05) is 18.2 Å². The van der Waals surface area contributed by atoms with Gasteiger partial charge in [0.05, 0.1) is 6.07 Å². The molecule has 7 heteroatoms. The predicted octanol–water partition coefficient (Wildman–Crippen LogP) is 1.07. The molecule has 0 spiro atoms. The first-order chi connectivity index (χ1) is 9.37. The number of anilines is 1. The van der Waals surface area contributed by atoms with Gasteiger partial charge in [0.1, 0.15) is 6.04 Å². The summed E-state index contributed by atoms with van der Waals surface area (Å²) >= 11 is 0. The number of carbonyl (C=O) groups excluding carboxylic acids is 1. The monoisotopic (exact) mass is 293 g/mol. The summed E-state index contributed by atoms with van der Waals surface area (Å²) < 4.78 is 25.8. The summed E-state index contributed by atoms with van der Waals surface area (Å²) in [6.07, 6.45) is 0. The summed E-state index contributed by atoms with van der Waals surface area (Å²) in [5.41, 5.74) is 1.31. The summed E-state index contributed by atoms with van der Waals surface area (Å²) in [5, 5.41) is 10.4. The second kappa shape index (κ2) is 5.23. The molecule has 0 bridgehead atoms. The van der Waals surface area contributed by atoms with E-state index in [2.05, 4.69) is 5.32 Å². The molecule has 1 heterocycles. The first-order valence-corrected chi connectivity index (χ1v) is 7.67. The van der Waals surface area contributed by atoms with Crippen molar-refractivity contribution in [2.45, 2.75) is 31.7 Å². The van der Waals surface area contributed by atoms with E-state index in [0.717, 1.165) is 4.31 Å². The molecule has 0 aliphatic carbocycles. The number of nitriles is 1. The first-order valence-electron chi connectivity index (χ1n) is 6.17. The molecule has 106 valence electrons. The zero-order valence-corrected chi connectivity index (χ0v) is 12.0. The lowest BCUT2D eigenvalue weighted by Crippen LogP contribution is -2.46. The highest BCUT2D eigenvalue weighted by Gasteiger charge is 2.37. The summed E-state index contributed by atoms with van der Waals surface area (Å²) in [5.74, 6) is -0.399. The van der Waals surface area contributed by atoms with Crippen molar-refractivity contribution in [1.82, 2.24) is 4.31 Å². The van der Waals surface area contributed by atoms with Crippen LogP contribution in [0.2, 0.25) is 0 Å². The maximum Gasteiger partial charge on any atom is 0.242 e. The zero-order chi connectivity index (χ0) is 14.9. The van der Waals surface area contributed by atoms with Crippen LogP contribution < -0.4 is 5.32 Å². The van der Waals surface area contributed by atoms with Gasteiger partial charge in [0.25, 0.3) is 0 Å². The third-order valence-electron chi connectivity index (χ3n) is 3.37. The highest BCUT2D eigenvalue weighted by Crippen LogP contribution is 2.26. The number of amides is 1. The van der Waals surface area contributed by atoms with Gasteiger partial charge in [-0.25, -0.2) is 8.42 Å². The van der Waals surface area contributed by atoms with Crippen LogP contribution in [0.5, 0.6) is 0 Å². The molecule has 1 aliphatic rings. The Hall–Kier alpha value is -1.91. The van der Waals surface area contributed by atoms with Crippen LogP contribution in [-0.4, -0.2) is 29.9 Å². The van der Waals surface area contributed by atoms with Crippen molar-refractivity contribution in [3.8, 4) is 6.07 Å². The Morgan fingerprint density at radius 1 is 1.45 bits per heavy atom. The van der Waals surface area contributed by atoms with Crippen LogP contribution in [0.15, 0.2) is 24.3 Å². The molecule has 20 heavy (non-hydrogen) atoms. The molecule has 2 rings (SSSR count). The van der Waals surface area contributed by atoms with Crippen LogP contribution in [0.4, 0.5) is 5.69 Å². The van der Waals surface area contributed by atoms with Gasteiger partial charge in [-0.05, 0) is 25.5 Å². The first kappa shape index (κ1) is 14.5. The summed E-state index contributed by atoms with van der Waals surface area (Å²) in [7, 11) is -3.85. The molecule has 1 N–H and O–H groups in total. The second-order valence-corrected chi connectivity index (χ2v) is 6.89. The highest BCUT2D eigenvalue weighted by molar-refractivity contribution is 7.90. The third kappa shape index (κ3) is 2.40. The summed E-state index contributed by atoms with van der Waals surface area (Å²) in [4.78, 5) is 12.0. The van der Waals surface area contributed by atoms with Crippen molar-refractivity contribution in [2.24, 2.45) is 0 Å². The van der Waals surface area contributed by atoms with Crippen LogP contribution in [0, 0.1) is 11.3 Å². The van der Waals surface area contributed by atoms with E-state index in [1.807, 2.05) is 0 Å². The van der Waals surface area contributed by atoms with Gasteiger partial charge in [-0.15, -0.1) is 0 Å². The molecule has 0 radical (unpaired) electrons. The molecule has 0 fully saturated rings. The van der Waals surface area contributed by atoms with E-state index in [-0.39, 0.29) is 6.54 Å². The number of carbonyl (C=O) groups is 1. The Morgan fingerprint density at radius 2 is 2.10 bits per heavy atom. The molecule has 1 aromatic rings. The number of hydrogen-bond acceptors (Lipinski definition) is 4. The van der Waals surface area contributed by atoms with Crippen molar-refractivity contribution in [2.75, 3.05) is 5.32 Å². The smallest absolute Gasteiger partial charge is 0.242 e. The van der Waals surface area contributed by atoms with Crippen molar-refractivity contribution in [3.05, 3.63) is 29.8 Å². The number of fused-ring (bicyclic) bond motifs is 1. The molecular weight excluding hydrogens is 278 g/mol. The Bertz CT molecular complexity index is 678. The van der Waals surface area contributed by atoms with Gasteiger partial charge in [-0.3, -0.25) is 4.79 Å². The Kier molecular flexibility index (Phi) is 3.79. The van der Waals surface area contributed by atoms with E-state index in [1.54, 1.807) is 30.3 Å². The standard InChI is InChI=1S/C13H15N3O3S/c1-9(7-14)20(18,19)16-8-11-5-3-4-6-12(11)15-13(17)10(16)2/h3-6,9-10H,8H2,1-2H3,(H,15,17). The number of nitrogens with zero attached hydrogens (tertiary/aromatic N) is 2. The minimum Gasteiger partial charge on any atom is -0.324 e. The summed E-state index contributed by atoms with van der Waals surface area (Å²) in [6.45, 7) is 2.91. The minimum atomic E-state index is -3.85. The number of sulfonamides is 1. The van der Waals surface area contributed by atoms with Gasteiger partial charge in [0.15, 0.2) is 5.25 Å². The lowest BCUT2D eigenvalue weighted by atomic mass is 10.2. The highest BCUT2D eigenvalue weighted by atomic mass is 32.2. The van der Waals surface area contributed by atoms with Gasteiger partial charge >= 0.3 is 0 Å². The van der Waals surface area contributed by atoms with Crippen molar-refractivity contribution in [1.29, 1.82) is 5.26 Å². The third-order valence-corrected chi connectivity index (χ3v) is 5.47. The Balaban J connectivity index is 2.49. The SMILES string of the molecule is CC1C(=O)Nc2ccccc2CN1S(=O)(=O)C(C)C#N. The number of para-hydroxylation sites is 1. The Labute approximate surface area is 118 Å². The van der Waals surface area contributed by atoms with Gasteiger partial charge in [0.2, 0.25) is 15.9 Å². The van der Waals surface area contributed by atoms with E-state index < -0.39 is 27.2 Å². The Morgan fingerprint density at radius 3 is 2.75 bits per heavy atom. The predicted molar refractivity (Wildman–Crippen MR) is 74.1 cm³/mol. The zero-order valence-electron chi connectivity index (χ0n) is 11.2. The van der Waals surface area contributed by atoms with Gasteiger partial charge in [0, 0.05) is 12.2 Å². The van der Waals surface area contributed by atoms with E-state index in [1.165, 1.54) is 13.8 Å². The average molecular weight is 293 g/mol. The lowest BCUT2D eigenvalue weighted by Gasteiger charge is -2.25. The maximum absolute atomic E-state index is 12.4. The average Bonchev–Trinajstić information content (AvgIpc) is 2.56. The molecule has 2 atom stereocenters. The fraction of sp³-hybridized carbons (Fsp3) is 0.385. The molecule has 0 aromatic heterocycles. The van der Waals surface area contributed by atoms with Crippen molar-refractivity contribution in [3.63, 3.8) is 0 Å².